The van der Waals surface area contributed by atoms with Crippen molar-refractivity contribution in [2.45, 2.75) is 31.7 Å². The molecule has 0 aliphatic carbocycles. The second-order valence-corrected chi connectivity index (χ2v) is 5.05. The summed E-state index contributed by atoms with van der Waals surface area (Å²) in [5, 5.41) is 3.44. The van der Waals surface area contributed by atoms with Gasteiger partial charge in [-0.05, 0) is 43.9 Å². The average molecular weight is 253 g/mol. The number of hydrogen-bond donors (Lipinski definition) is 1. The van der Waals surface area contributed by atoms with E-state index in [1.807, 2.05) is 0 Å². The average Bonchev–Trinajstić information content (AvgIpc) is 2.48. The maximum Gasteiger partial charge on any atom is 0.0105 e. The van der Waals surface area contributed by atoms with Crippen molar-refractivity contribution in [3.63, 3.8) is 0 Å². The smallest absolute Gasteiger partial charge is 0.0105 e. The lowest BCUT2D eigenvalue weighted by molar-refractivity contribution is 0.502. The summed E-state index contributed by atoms with van der Waals surface area (Å²) in [7, 11) is 2.07. The van der Waals surface area contributed by atoms with Crippen molar-refractivity contribution in [2.24, 2.45) is 0 Å². The van der Waals surface area contributed by atoms with E-state index in [4.69, 9.17) is 0 Å². The summed E-state index contributed by atoms with van der Waals surface area (Å²) in [4.78, 5) is 0. The topological polar surface area (TPSA) is 12.0 Å². The Kier molecular flexibility index (Phi) is 5.64. The predicted molar refractivity (Wildman–Crippen MR) is 82.4 cm³/mol. The Labute approximate surface area is 116 Å². The van der Waals surface area contributed by atoms with E-state index >= 15 is 0 Å². The summed E-state index contributed by atoms with van der Waals surface area (Å²) in [5.41, 5.74) is 2.86. The van der Waals surface area contributed by atoms with Crippen molar-refractivity contribution in [1.82, 2.24) is 5.32 Å². The van der Waals surface area contributed by atoms with E-state index in [2.05, 4.69) is 73.0 Å². The van der Waals surface area contributed by atoms with E-state index in [0.717, 1.165) is 6.42 Å². The van der Waals surface area contributed by atoms with Crippen LogP contribution < -0.4 is 5.32 Å². The molecule has 0 fully saturated rings. The van der Waals surface area contributed by atoms with Crippen molar-refractivity contribution in [2.75, 3.05) is 7.05 Å². The Morgan fingerprint density at radius 2 is 1.42 bits per heavy atom. The van der Waals surface area contributed by atoms with Crippen LogP contribution in [0.1, 0.15) is 24.0 Å². The molecule has 2 aromatic rings. The normalized spacial score (nSPS) is 12.3. The number of hydrogen-bond acceptors (Lipinski definition) is 1. The minimum absolute atomic E-state index is 0.575. The molecule has 1 atom stereocenters. The number of aryl methyl sites for hydroxylation is 1. The van der Waals surface area contributed by atoms with Gasteiger partial charge in [0.15, 0.2) is 0 Å². The molecule has 0 heterocycles. The Morgan fingerprint density at radius 1 is 0.842 bits per heavy atom. The van der Waals surface area contributed by atoms with Crippen LogP contribution in [0.3, 0.4) is 0 Å². The van der Waals surface area contributed by atoms with E-state index in [0.29, 0.717) is 6.04 Å². The van der Waals surface area contributed by atoms with E-state index < -0.39 is 0 Å². The van der Waals surface area contributed by atoms with Crippen LogP contribution in [0.15, 0.2) is 60.7 Å². The van der Waals surface area contributed by atoms with E-state index in [1.165, 1.54) is 30.4 Å². The Hall–Kier alpha value is -1.60. The van der Waals surface area contributed by atoms with Gasteiger partial charge in [0, 0.05) is 6.04 Å². The second kappa shape index (κ2) is 7.75. The minimum atomic E-state index is 0.575. The van der Waals surface area contributed by atoms with Crippen LogP contribution in [0.25, 0.3) is 0 Å². The maximum absolute atomic E-state index is 3.44. The molecule has 0 aliphatic rings. The molecule has 1 heteroatoms. The first kappa shape index (κ1) is 13.8. The fourth-order valence-electron chi connectivity index (χ4n) is 2.44. The summed E-state index contributed by atoms with van der Waals surface area (Å²) in [6.45, 7) is 0. The van der Waals surface area contributed by atoms with Crippen molar-refractivity contribution in [3.8, 4) is 0 Å². The maximum atomic E-state index is 3.44. The molecule has 2 rings (SSSR count). The zero-order valence-corrected chi connectivity index (χ0v) is 11.7. The first-order valence-electron chi connectivity index (χ1n) is 7.13. The third-order valence-corrected chi connectivity index (χ3v) is 3.59. The highest BCUT2D eigenvalue weighted by atomic mass is 14.9. The molecule has 1 nitrogen and oxygen atoms in total. The molecule has 19 heavy (non-hydrogen) atoms. The molecular formula is C18H23N. The molecular weight excluding hydrogens is 230 g/mol. The lowest BCUT2D eigenvalue weighted by Gasteiger charge is -2.16. The molecule has 100 valence electrons. The number of nitrogens with one attached hydrogen (secondary N) is 1. The van der Waals surface area contributed by atoms with Crippen LogP contribution in [-0.2, 0) is 12.8 Å². The van der Waals surface area contributed by atoms with Gasteiger partial charge >= 0.3 is 0 Å². The van der Waals surface area contributed by atoms with E-state index in [1.54, 1.807) is 0 Å². The standard InChI is InChI=1S/C18H23N/c1-19-18(15-17-11-6-3-7-12-17)14-8-13-16-9-4-2-5-10-16/h2-7,9-12,18-19H,8,13-15H2,1H3. The van der Waals surface area contributed by atoms with Gasteiger partial charge in [-0.15, -0.1) is 0 Å². The molecule has 0 saturated carbocycles. The third kappa shape index (κ3) is 4.88. The molecule has 2 aromatic carbocycles. The van der Waals surface area contributed by atoms with Gasteiger partial charge in [-0.1, -0.05) is 60.7 Å². The van der Waals surface area contributed by atoms with Gasteiger partial charge in [-0.25, -0.2) is 0 Å². The lowest BCUT2D eigenvalue weighted by Crippen LogP contribution is -2.27. The van der Waals surface area contributed by atoms with Gasteiger partial charge in [0.25, 0.3) is 0 Å². The molecule has 0 amide bonds. The van der Waals surface area contributed by atoms with Crippen LogP contribution >= 0.6 is 0 Å². The highest BCUT2D eigenvalue weighted by Crippen LogP contribution is 2.10. The number of benzene rings is 2. The van der Waals surface area contributed by atoms with Gasteiger partial charge in [-0.3, -0.25) is 0 Å². The molecule has 1 unspecified atom stereocenters. The summed E-state index contributed by atoms with van der Waals surface area (Å²) in [6, 6.07) is 22.1. The molecule has 1 N–H and O–H groups in total. The zero-order chi connectivity index (χ0) is 13.3. The molecule has 0 aliphatic heterocycles. The third-order valence-electron chi connectivity index (χ3n) is 3.59. The van der Waals surface area contributed by atoms with Gasteiger partial charge < -0.3 is 5.32 Å². The van der Waals surface area contributed by atoms with Crippen LogP contribution in [0.4, 0.5) is 0 Å². The van der Waals surface area contributed by atoms with E-state index in [9.17, 15) is 0 Å². The van der Waals surface area contributed by atoms with Crippen molar-refractivity contribution in [1.29, 1.82) is 0 Å². The van der Waals surface area contributed by atoms with Crippen LogP contribution in [-0.4, -0.2) is 13.1 Å². The van der Waals surface area contributed by atoms with Crippen LogP contribution in [0.5, 0.6) is 0 Å². The zero-order valence-electron chi connectivity index (χ0n) is 11.7. The minimum Gasteiger partial charge on any atom is -0.317 e. The Balaban J connectivity index is 1.77. The molecule has 0 bridgehead atoms. The van der Waals surface area contributed by atoms with Gasteiger partial charge in [0.2, 0.25) is 0 Å². The summed E-state index contributed by atoms with van der Waals surface area (Å²) >= 11 is 0. The van der Waals surface area contributed by atoms with Gasteiger partial charge in [0.05, 0.1) is 0 Å². The number of likely N-dealkylation sites (N-methyl/N-ethyl adjacent to an activating group) is 1. The molecule has 0 spiro atoms. The predicted octanol–water partition coefficient (Wildman–Crippen LogP) is 3.84. The van der Waals surface area contributed by atoms with Gasteiger partial charge in [0.1, 0.15) is 0 Å². The molecule has 0 aromatic heterocycles. The fourth-order valence-corrected chi connectivity index (χ4v) is 2.44. The summed E-state index contributed by atoms with van der Waals surface area (Å²) < 4.78 is 0. The first-order valence-corrected chi connectivity index (χ1v) is 7.13. The SMILES string of the molecule is CNC(CCCc1ccccc1)Cc1ccccc1. The van der Waals surface area contributed by atoms with E-state index in [-0.39, 0.29) is 0 Å². The second-order valence-electron chi connectivity index (χ2n) is 5.05. The lowest BCUT2D eigenvalue weighted by atomic mass is 9.99. The summed E-state index contributed by atoms with van der Waals surface area (Å²) in [5.74, 6) is 0. The Morgan fingerprint density at radius 3 is 2.00 bits per heavy atom. The monoisotopic (exact) mass is 253 g/mol. The van der Waals surface area contributed by atoms with Crippen LogP contribution in [0.2, 0.25) is 0 Å². The first-order chi connectivity index (χ1) is 9.38. The highest BCUT2D eigenvalue weighted by molar-refractivity contribution is 5.16. The quantitative estimate of drug-likeness (QED) is 0.790. The largest absolute Gasteiger partial charge is 0.317 e. The van der Waals surface area contributed by atoms with Crippen molar-refractivity contribution in [3.05, 3.63) is 71.8 Å². The molecule has 0 radical (unpaired) electrons. The Bertz CT molecular complexity index is 450. The van der Waals surface area contributed by atoms with Crippen molar-refractivity contribution >= 4 is 0 Å². The van der Waals surface area contributed by atoms with Crippen LogP contribution in [0, 0.1) is 0 Å². The van der Waals surface area contributed by atoms with Gasteiger partial charge in [-0.2, -0.15) is 0 Å². The summed E-state index contributed by atoms with van der Waals surface area (Å²) in [6.07, 6.45) is 4.75. The number of rotatable bonds is 7. The molecule has 0 saturated heterocycles. The van der Waals surface area contributed by atoms with Crippen molar-refractivity contribution < 1.29 is 0 Å². The highest BCUT2D eigenvalue weighted by Gasteiger charge is 2.06. The fraction of sp³-hybridized carbons (Fsp3) is 0.333.